The molecular weight excluding hydrogens is 437 g/mol. The number of aromatic hydroxyl groups is 1. The summed E-state index contributed by atoms with van der Waals surface area (Å²) in [6.07, 6.45) is 0. The average molecular weight is 463 g/mol. The monoisotopic (exact) mass is 463 g/mol. The van der Waals surface area contributed by atoms with Crippen LogP contribution in [0.2, 0.25) is 0 Å². The number of carboxylic acids is 1. The maximum atomic E-state index is 13.1. The number of phenols is 1. The molecule has 7 nitrogen and oxygen atoms in total. The second-order valence-corrected chi connectivity index (χ2v) is 8.78. The molecule has 0 bridgehead atoms. The van der Waals surface area contributed by atoms with E-state index >= 15 is 0 Å². The predicted octanol–water partition coefficient (Wildman–Crippen LogP) is 3.92. The van der Waals surface area contributed by atoms with Crippen LogP contribution in [0.15, 0.2) is 66.7 Å². The molecule has 170 valence electrons. The van der Waals surface area contributed by atoms with E-state index in [4.69, 9.17) is 0 Å². The Morgan fingerprint density at radius 1 is 0.879 bits per heavy atom. The summed E-state index contributed by atoms with van der Waals surface area (Å²) in [5.74, 6) is -1.85. The van der Waals surface area contributed by atoms with Crippen LogP contribution < -0.4 is 5.32 Å². The number of nitrogens with zero attached hydrogens (tertiary/aromatic N) is 2. The van der Waals surface area contributed by atoms with Gasteiger partial charge in [0.1, 0.15) is 5.75 Å². The Morgan fingerprint density at radius 3 is 2.30 bits per heavy atom. The SMILES string of the molecule is O=C(Nc1cc(-c2ccccc2)ccc1C(=O)O)c1cc(CN2CCN(P)CC2)ccc1O. The van der Waals surface area contributed by atoms with Crippen LogP contribution in [0.3, 0.4) is 0 Å². The molecule has 1 saturated heterocycles. The van der Waals surface area contributed by atoms with Gasteiger partial charge in [-0.3, -0.25) is 14.4 Å². The fourth-order valence-corrected chi connectivity index (χ4v) is 4.11. The molecule has 0 aliphatic carbocycles. The molecule has 0 spiro atoms. The second-order valence-electron chi connectivity index (χ2n) is 8.05. The Morgan fingerprint density at radius 2 is 1.61 bits per heavy atom. The van der Waals surface area contributed by atoms with E-state index in [1.807, 2.05) is 30.3 Å². The van der Waals surface area contributed by atoms with E-state index in [2.05, 4.69) is 24.3 Å². The van der Waals surface area contributed by atoms with Crippen LogP contribution in [0.5, 0.6) is 5.75 Å². The van der Waals surface area contributed by atoms with Crippen molar-refractivity contribution in [2.45, 2.75) is 6.54 Å². The van der Waals surface area contributed by atoms with E-state index in [0.717, 1.165) is 42.9 Å². The van der Waals surface area contributed by atoms with Crippen molar-refractivity contribution in [1.82, 2.24) is 9.57 Å². The minimum Gasteiger partial charge on any atom is -0.507 e. The number of nitrogens with one attached hydrogen (secondary N) is 1. The first-order valence-corrected chi connectivity index (χ1v) is 11.2. The van der Waals surface area contributed by atoms with Gasteiger partial charge in [0, 0.05) is 32.7 Å². The summed E-state index contributed by atoms with van der Waals surface area (Å²) in [6, 6.07) is 19.3. The van der Waals surface area contributed by atoms with Gasteiger partial charge < -0.3 is 15.5 Å². The zero-order valence-corrected chi connectivity index (χ0v) is 19.2. The highest BCUT2D eigenvalue weighted by Crippen LogP contribution is 2.28. The maximum Gasteiger partial charge on any atom is 0.337 e. The lowest BCUT2D eigenvalue weighted by atomic mass is 10.0. The minimum absolute atomic E-state index is 0.0195. The molecule has 33 heavy (non-hydrogen) atoms. The lowest BCUT2D eigenvalue weighted by Gasteiger charge is -2.32. The van der Waals surface area contributed by atoms with Crippen LogP contribution >= 0.6 is 9.39 Å². The Hall–Kier alpha value is -3.25. The van der Waals surface area contributed by atoms with Crippen molar-refractivity contribution in [3.63, 3.8) is 0 Å². The van der Waals surface area contributed by atoms with Crippen molar-refractivity contribution in [3.05, 3.63) is 83.4 Å². The largest absolute Gasteiger partial charge is 0.507 e. The molecule has 1 aliphatic rings. The van der Waals surface area contributed by atoms with Crippen LogP contribution in [-0.4, -0.2) is 57.8 Å². The number of hydrogen-bond acceptors (Lipinski definition) is 5. The first-order chi connectivity index (χ1) is 15.9. The molecule has 4 rings (SSSR count). The normalized spacial score (nSPS) is 14.7. The number of hydrogen-bond donors (Lipinski definition) is 3. The van der Waals surface area contributed by atoms with Gasteiger partial charge >= 0.3 is 5.97 Å². The van der Waals surface area contributed by atoms with Crippen LogP contribution in [0.25, 0.3) is 11.1 Å². The number of rotatable bonds is 6. The minimum atomic E-state index is -1.14. The summed E-state index contributed by atoms with van der Waals surface area (Å²) < 4.78 is 2.19. The summed E-state index contributed by atoms with van der Waals surface area (Å²) in [7, 11) is 2.71. The molecule has 1 amide bonds. The van der Waals surface area contributed by atoms with Gasteiger partial charge in [-0.05, 0) is 41.0 Å². The molecule has 0 aromatic heterocycles. The van der Waals surface area contributed by atoms with Crippen molar-refractivity contribution < 1.29 is 19.8 Å². The summed E-state index contributed by atoms with van der Waals surface area (Å²) in [5, 5.41) is 22.6. The van der Waals surface area contributed by atoms with E-state index in [1.54, 1.807) is 24.3 Å². The lowest BCUT2D eigenvalue weighted by molar-refractivity contribution is 0.0698. The van der Waals surface area contributed by atoms with Crippen molar-refractivity contribution in [3.8, 4) is 16.9 Å². The fourth-order valence-electron chi connectivity index (χ4n) is 3.88. The van der Waals surface area contributed by atoms with Gasteiger partial charge in [-0.25, -0.2) is 4.79 Å². The van der Waals surface area contributed by atoms with Crippen molar-refractivity contribution in [1.29, 1.82) is 0 Å². The van der Waals surface area contributed by atoms with E-state index in [9.17, 15) is 19.8 Å². The van der Waals surface area contributed by atoms with Crippen molar-refractivity contribution in [2.75, 3.05) is 31.5 Å². The maximum absolute atomic E-state index is 13.1. The molecule has 3 N–H and O–H groups in total. The van der Waals surface area contributed by atoms with Gasteiger partial charge in [-0.15, -0.1) is 0 Å². The standard InChI is InChI=1S/C25H26N3O4P/c29-23-9-6-17(16-27-10-12-28(33)13-11-27)14-21(23)24(30)26-22-15-19(7-8-20(22)25(31)32)18-4-2-1-3-5-18/h1-9,14-15,29H,10-13,16,33H2,(H,26,30)(H,31,32). The van der Waals surface area contributed by atoms with Gasteiger partial charge in [-0.2, -0.15) is 0 Å². The number of aromatic carboxylic acids is 1. The molecule has 1 unspecified atom stereocenters. The van der Waals surface area contributed by atoms with Gasteiger partial charge in [0.05, 0.1) is 16.8 Å². The fraction of sp³-hybridized carbons (Fsp3) is 0.200. The number of amides is 1. The van der Waals surface area contributed by atoms with E-state index in [1.165, 1.54) is 12.1 Å². The van der Waals surface area contributed by atoms with Crippen LogP contribution in [0, 0.1) is 0 Å². The molecule has 3 aromatic carbocycles. The molecule has 1 heterocycles. The summed E-state index contributed by atoms with van der Waals surface area (Å²) in [5.41, 5.74) is 2.86. The van der Waals surface area contributed by atoms with Crippen LogP contribution in [-0.2, 0) is 6.54 Å². The molecule has 0 radical (unpaired) electrons. The predicted molar refractivity (Wildman–Crippen MR) is 131 cm³/mol. The van der Waals surface area contributed by atoms with Gasteiger partial charge in [0.15, 0.2) is 0 Å². The number of benzene rings is 3. The number of piperazine rings is 1. The van der Waals surface area contributed by atoms with E-state index in [-0.39, 0.29) is 22.6 Å². The number of carbonyl (C=O) groups excluding carboxylic acids is 1. The highest BCUT2D eigenvalue weighted by Gasteiger charge is 2.19. The first kappa shape index (κ1) is 22.9. The third-order valence-electron chi connectivity index (χ3n) is 5.72. The van der Waals surface area contributed by atoms with Gasteiger partial charge in [0.2, 0.25) is 0 Å². The van der Waals surface area contributed by atoms with Crippen molar-refractivity contribution in [2.24, 2.45) is 0 Å². The molecule has 1 fully saturated rings. The summed E-state index contributed by atoms with van der Waals surface area (Å²) in [6.45, 7) is 4.40. The average Bonchev–Trinajstić information content (AvgIpc) is 2.82. The molecule has 8 heteroatoms. The number of anilines is 1. The molecular formula is C25H26N3O4P. The Kier molecular flexibility index (Phi) is 7.04. The lowest BCUT2D eigenvalue weighted by Crippen LogP contribution is -2.41. The summed E-state index contributed by atoms with van der Waals surface area (Å²) >= 11 is 0. The molecule has 1 atom stereocenters. The third kappa shape index (κ3) is 5.57. The summed E-state index contributed by atoms with van der Waals surface area (Å²) in [4.78, 5) is 27.1. The molecule has 3 aromatic rings. The van der Waals surface area contributed by atoms with Gasteiger partial charge in [0.25, 0.3) is 5.91 Å². The smallest absolute Gasteiger partial charge is 0.337 e. The van der Waals surface area contributed by atoms with Gasteiger partial charge in [-0.1, -0.05) is 51.9 Å². The number of phenolic OH excluding ortho intramolecular Hbond substituents is 1. The zero-order valence-electron chi connectivity index (χ0n) is 18.1. The third-order valence-corrected chi connectivity index (χ3v) is 6.24. The second kappa shape index (κ2) is 10.1. The molecule has 0 saturated carbocycles. The highest BCUT2D eigenvalue weighted by atomic mass is 31.0. The number of carboxylic acid groups (broad SMARTS) is 1. The Bertz CT molecular complexity index is 1160. The van der Waals surface area contributed by atoms with E-state index < -0.39 is 11.9 Å². The first-order valence-electron chi connectivity index (χ1n) is 10.7. The number of carbonyl (C=O) groups is 2. The van der Waals surface area contributed by atoms with Crippen LogP contribution in [0.1, 0.15) is 26.3 Å². The Balaban J connectivity index is 1.58. The van der Waals surface area contributed by atoms with Crippen LogP contribution in [0.4, 0.5) is 5.69 Å². The zero-order chi connectivity index (χ0) is 23.4. The van der Waals surface area contributed by atoms with E-state index in [0.29, 0.717) is 6.54 Å². The quantitative estimate of drug-likeness (QED) is 0.480. The topological polar surface area (TPSA) is 93.1 Å². The Labute approximate surface area is 194 Å². The highest BCUT2D eigenvalue weighted by molar-refractivity contribution is 7.13. The van der Waals surface area contributed by atoms with Crippen molar-refractivity contribution >= 4 is 27.0 Å². The molecule has 1 aliphatic heterocycles.